The molecule has 2 aliphatic rings. The Hall–Kier alpha value is -0.300. The van der Waals surface area contributed by atoms with E-state index < -0.39 is 0 Å². The van der Waals surface area contributed by atoms with E-state index in [1.807, 2.05) is 0 Å². The van der Waals surface area contributed by atoms with Gasteiger partial charge in [-0.25, -0.2) is 0 Å². The summed E-state index contributed by atoms with van der Waals surface area (Å²) in [7, 11) is 0. The van der Waals surface area contributed by atoms with Gasteiger partial charge in [-0.1, -0.05) is 30.9 Å². The van der Waals surface area contributed by atoms with Gasteiger partial charge in [0.25, 0.3) is 0 Å². The van der Waals surface area contributed by atoms with E-state index in [2.05, 4.69) is 18.3 Å². The average Bonchev–Trinajstić information content (AvgIpc) is 2.16. The average molecular weight is 193 g/mol. The van der Waals surface area contributed by atoms with Crippen LogP contribution in [0.25, 0.3) is 0 Å². The molecule has 14 heavy (non-hydrogen) atoms. The van der Waals surface area contributed by atoms with Crippen molar-refractivity contribution in [2.45, 2.75) is 45.4 Å². The minimum Gasteiger partial charge on any atom is -0.317 e. The molecule has 1 aliphatic heterocycles. The number of hydrogen-bond donors (Lipinski definition) is 1. The Labute approximate surface area is 88.0 Å². The fourth-order valence-corrected chi connectivity index (χ4v) is 2.52. The molecule has 1 aliphatic carbocycles. The van der Waals surface area contributed by atoms with E-state index in [0.29, 0.717) is 0 Å². The summed E-state index contributed by atoms with van der Waals surface area (Å²) in [5.41, 5.74) is 1.67. The van der Waals surface area contributed by atoms with E-state index in [1.165, 1.54) is 51.6 Å². The number of piperidine rings is 1. The van der Waals surface area contributed by atoms with Gasteiger partial charge in [-0.2, -0.15) is 0 Å². The molecule has 0 atom stereocenters. The zero-order chi connectivity index (χ0) is 9.80. The molecule has 2 fully saturated rings. The van der Waals surface area contributed by atoms with Gasteiger partial charge in [0.05, 0.1) is 0 Å². The molecule has 0 radical (unpaired) electrons. The topological polar surface area (TPSA) is 12.0 Å². The molecule has 1 nitrogen and oxygen atoms in total. The standard InChI is InChI=1S/C13H23N/c1-11(5-6-12-3-2-4-12)13-7-9-14-10-8-13/h5,12-14H,2-4,6-10H2,1H3/b11-5+. The Bertz CT molecular complexity index is 197. The van der Waals surface area contributed by atoms with Crippen LogP contribution in [0.2, 0.25) is 0 Å². The van der Waals surface area contributed by atoms with Crippen molar-refractivity contribution in [1.29, 1.82) is 0 Å². The van der Waals surface area contributed by atoms with Gasteiger partial charge in [-0.15, -0.1) is 0 Å². The van der Waals surface area contributed by atoms with Crippen molar-refractivity contribution < 1.29 is 0 Å². The zero-order valence-electron chi connectivity index (χ0n) is 9.39. The SMILES string of the molecule is C/C(=C\CC1CCC1)C1CCNCC1. The van der Waals surface area contributed by atoms with Crippen LogP contribution in [0, 0.1) is 11.8 Å². The monoisotopic (exact) mass is 193 g/mol. The summed E-state index contributed by atoms with van der Waals surface area (Å²) in [6.45, 7) is 4.78. The Kier molecular flexibility index (Phi) is 3.63. The van der Waals surface area contributed by atoms with Crippen LogP contribution in [0.4, 0.5) is 0 Å². The Morgan fingerprint density at radius 1 is 1.21 bits per heavy atom. The highest BCUT2D eigenvalue weighted by atomic mass is 14.9. The van der Waals surface area contributed by atoms with Gasteiger partial charge in [0.2, 0.25) is 0 Å². The van der Waals surface area contributed by atoms with Crippen LogP contribution in [-0.4, -0.2) is 13.1 Å². The van der Waals surface area contributed by atoms with E-state index in [1.54, 1.807) is 5.57 Å². The van der Waals surface area contributed by atoms with Gasteiger partial charge >= 0.3 is 0 Å². The van der Waals surface area contributed by atoms with Crippen molar-refractivity contribution in [2.24, 2.45) is 11.8 Å². The third-order valence-electron chi connectivity index (χ3n) is 3.98. The molecule has 0 aromatic carbocycles. The first-order valence-electron chi connectivity index (χ1n) is 6.23. The summed E-state index contributed by atoms with van der Waals surface area (Å²) in [5, 5.41) is 3.43. The molecule has 1 saturated heterocycles. The lowest BCUT2D eigenvalue weighted by Gasteiger charge is -2.26. The van der Waals surface area contributed by atoms with E-state index in [-0.39, 0.29) is 0 Å². The number of nitrogens with one attached hydrogen (secondary N) is 1. The van der Waals surface area contributed by atoms with Crippen LogP contribution in [0.1, 0.15) is 45.4 Å². The molecule has 0 amide bonds. The molecule has 1 saturated carbocycles. The molecule has 1 N–H and O–H groups in total. The second kappa shape index (κ2) is 4.97. The maximum atomic E-state index is 3.43. The van der Waals surface area contributed by atoms with E-state index in [9.17, 15) is 0 Å². The van der Waals surface area contributed by atoms with Gasteiger partial charge < -0.3 is 5.32 Å². The summed E-state index contributed by atoms with van der Waals surface area (Å²) < 4.78 is 0. The smallest absolute Gasteiger partial charge is 0.00432 e. The second-order valence-corrected chi connectivity index (χ2v) is 5.01. The molecule has 1 heterocycles. The molecular weight excluding hydrogens is 170 g/mol. The molecular formula is C13H23N. The summed E-state index contributed by atoms with van der Waals surface area (Å²) in [5.74, 6) is 1.92. The fourth-order valence-electron chi connectivity index (χ4n) is 2.52. The van der Waals surface area contributed by atoms with Crippen LogP contribution in [0.15, 0.2) is 11.6 Å². The highest BCUT2D eigenvalue weighted by Gasteiger charge is 2.17. The lowest BCUT2D eigenvalue weighted by molar-refractivity contribution is 0.317. The molecule has 0 aromatic heterocycles. The second-order valence-electron chi connectivity index (χ2n) is 5.01. The Balaban J connectivity index is 1.76. The summed E-state index contributed by atoms with van der Waals surface area (Å²) >= 11 is 0. The first-order chi connectivity index (χ1) is 6.86. The summed E-state index contributed by atoms with van der Waals surface area (Å²) in [6, 6.07) is 0. The van der Waals surface area contributed by atoms with Gasteiger partial charge in [-0.3, -0.25) is 0 Å². The third kappa shape index (κ3) is 2.60. The highest BCUT2D eigenvalue weighted by Crippen LogP contribution is 2.31. The van der Waals surface area contributed by atoms with Gasteiger partial charge in [0, 0.05) is 0 Å². The minimum absolute atomic E-state index is 0.885. The van der Waals surface area contributed by atoms with Gasteiger partial charge in [0.15, 0.2) is 0 Å². The number of hydrogen-bond acceptors (Lipinski definition) is 1. The third-order valence-corrected chi connectivity index (χ3v) is 3.98. The highest BCUT2D eigenvalue weighted by molar-refractivity contribution is 5.05. The van der Waals surface area contributed by atoms with Gasteiger partial charge in [-0.05, 0) is 51.1 Å². The van der Waals surface area contributed by atoms with Crippen LogP contribution in [0.5, 0.6) is 0 Å². The number of allylic oxidation sites excluding steroid dienone is 2. The van der Waals surface area contributed by atoms with Crippen LogP contribution in [-0.2, 0) is 0 Å². The van der Waals surface area contributed by atoms with Crippen molar-refractivity contribution in [3.8, 4) is 0 Å². The molecule has 80 valence electrons. The van der Waals surface area contributed by atoms with Crippen molar-refractivity contribution in [2.75, 3.05) is 13.1 Å². The first kappa shape index (κ1) is 10.2. The first-order valence-corrected chi connectivity index (χ1v) is 6.23. The van der Waals surface area contributed by atoms with Crippen LogP contribution < -0.4 is 5.32 Å². The van der Waals surface area contributed by atoms with E-state index in [4.69, 9.17) is 0 Å². The predicted molar refractivity (Wildman–Crippen MR) is 61.3 cm³/mol. The van der Waals surface area contributed by atoms with Crippen LogP contribution in [0.3, 0.4) is 0 Å². The maximum Gasteiger partial charge on any atom is -0.00432 e. The largest absolute Gasteiger partial charge is 0.317 e. The fraction of sp³-hybridized carbons (Fsp3) is 0.846. The Morgan fingerprint density at radius 2 is 1.93 bits per heavy atom. The van der Waals surface area contributed by atoms with Crippen molar-refractivity contribution in [3.63, 3.8) is 0 Å². The normalized spacial score (nSPS) is 26.2. The van der Waals surface area contributed by atoms with Crippen molar-refractivity contribution in [1.82, 2.24) is 5.32 Å². The molecule has 0 spiro atoms. The summed E-state index contributed by atoms with van der Waals surface area (Å²) in [4.78, 5) is 0. The molecule has 0 unspecified atom stereocenters. The number of rotatable bonds is 3. The molecule has 0 bridgehead atoms. The maximum absolute atomic E-state index is 3.43. The molecule has 0 aromatic rings. The lowest BCUT2D eigenvalue weighted by Crippen LogP contribution is -2.28. The zero-order valence-corrected chi connectivity index (χ0v) is 9.39. The summed E-state index contributed by atoms with van der Waals surface area (Å²) in [6.07, 6.45) is 11.0. The van der Waals surface area contributed by atoms with Gasteiger partial charge in [0.1, 0.15) is 0 Å². The van der Waals surface area contributed by atoms with E-state index in [0.717, 1.165) is 11.8 Å². The minimum atomic E-state index is 0.885. The van der Waals surface area contributed by atoms with Crippen molar-refractivity contribution >= 4 is 0 Å². The van der Waals surface area contributed by atoms with E-state index >= 15 is 0 Å². The molecule has 1 heteroatoms. The van der Waals surface area contributed by atoms with Crippen molar-refractivity contribution in [3.05, 3.63) is 11.6 Å². The predicted octanol–water partition coefficient (Wildman–Crippen LogP) is 3.12. The molecule has 2 rings (SSSR count). The van der Waals surface area contributed by atoms with Crippen LogP contribution >= 0.6 is 0 Å². The quantitative estimate of drug-likeness (QED) is 0.679. The Morgan fingerprint density at radius 3 is 2.50 bits per heavy atom. The lowest BCUT2D eigenvalue weighted by atomic mass is 9.81.